The standard InChI is InChI=1S/C25H28FN5O5S.C21H25N5O4S.C19H25N6O4S/c1-14-21-16(3-4-17-18(26)5-6-19-24(17)36-9-8-30(19)2)12-31(25(21)29-13-28-14)20-11-15(22(32)23(20)33)7-10-37(27,34)35;22-31(28,29)30-11-14-9-15(10-19(14)27)26-8-7-17-20(23-12-24-21(17)26)25-18-6-5-13-3-1-2-4-16(13)18;1-12-4-3-5-14(8-12)17-10-18-21-6-7-24(25(18)23-17)22-16-9-15(19(26)13(16)2)11-29-30(20,27)28/h5-6,12-13,15,20,22-23,32-33H,7-11H2,1-2H3,(H2,27,34,35);1-4,7-8,12,14-15,18-19,27H,5-6,9-11H2,(H2,22,28,29)(H,23,24,25);3-8,10,13,15-16,19,22,26H,9,11H2,1-2H3,(H2,20,27,28)/q;;+1/t15-,20-,22-,23+;14-,15+,18-,19-;13-,15+,16+,19-/m100/s1. The van der Waals surface area contributed by atoms with Crippen molar-refractivity contribution in [1.29, 1.82) is 0 Å². The molecule has 0 spiro atoms. The summed E-state index contributed by atoms with van der Waals surface area (Å²) in [5.41, 5.74) is 13.0. The molecular weight excluding hydrogens is 1330 g/mol. The van der Waals surface area contributed by atoms with E-state index in [2.05, 4.69) is 82.9 Å². The van der Waals surface area contributed by atoms with Crippen LogP contribution in [0.5, 0.6) is 5.75 Å². The maximum atomic E-state index is 14.8. The molecular formula is C65H78FN16O13S3+. The highest BCUT2D eigenvalue weighted by Gasteiger charge is 2.44. The second-order valence-corrected chi connectivity index (χ2v) is 29.9. The van der Waals surface area contributed by atoms with Gasteiger partial charge in [-0.1, -0.05) is 71.6 Å². The SMILES string of the molecule is Cc1cccc(-c2cc3ncc[n+](N[C@@H]4C[C@H](COS(N)(=O)=O)[C@@H](O)[C@H]4C)n3n2)c1.Cc1ncnc2c1c(C#Cc1c(F)ccc3c1OCCN3C)cn2[C@@H]1C[C@@H](CCS(N)(=O)=O)[C@@H](O)[C@H]1O.NS(=O)(=O)OC[C@@H]1C[C@@H](n2ccc3c(N[C@H]4CCc5ccccc54)ncnc32)C[C@@H]1O. The lowest BCUT2D eigenvalue weighted by atomic mass is 10.0. The summed E-state index contributed by atoms with van der Waals surface area (Å²) in [6.07, 6.45) is 10.4. The van der Waals surface area contributed by atoms with Gasteiger partial charge in [0.25, 0.3) is 0 Å². The van der Waals surface area contributed by atoms with Gasteiger partial charge in [-0.05, 0) is 100 Å². The molecule has 6 aromatic heterocycles. The Labute approximate surface area is 565 Å². The van der Waals surface area contributed by atoms with Crippen LogP contribution in [0.4, 0.5) is 15.9 Å². The molecule has 0 amide bonds. The first-order valence-corrected chi connectivity index (χ1v) is 36.6. The first kappa shape index (κ1) is 69.5. The molecule has 12 N–H and O–H groups in total. The van der Waals surface area contributed by atoms with E-state index in [4.69, 9.17) is 28.5 Å². The lowest BCUT2D eigenvalue weighted by Crippen LogP contribution is -2.56. The highest BCUT2D eigenvalue weighted by Crippen LogP contribution is 2.43. The van der Waals surface area contributed by atoms with Gasteiger partial charge in [0.05, 0.1) is 101 Å². The van der Waals surface area contributed by atoms with Crippen molar-refractivity contribution in [3.63, 3.8) is 0 Å². The van der Waals surface area contributed by atoms with Gasteiger partial charge in [0.1, 0.15) is 53.9 Å². The minimum absolute atomic E-state index is 0.0171. The van der Waals surface area contributed by atoms with E-state index in [1.807, 2.05) is 66.9 Å². The van der Waals surface area contributed by atoms with E-state index in [9.17, 15) is 50.1 Å². The fraction of sp³-hybridized carbons (Fsp3) is 0.431. The van der Waals surface area contributed by atoms with Gasteiger partial charge < -0.3 is 44.5 Å². The molecule has 5 aliphatic rings. The number of nitrogens with zero attached hydrogens (tertiary/aromatic N) is 11. The molecule has 14 rings (SSSR count). The number of nitrogens with one attached hydrogen (secondary N) is 2. The topological polar surface area (TPSA) is 412 Å². The van der Waals surface area contributed by atoms with Crippen LogP contribution >= 0.6 is 0 Å². The number of anilines is 2. The van der Waals surface area contributed by atoms with Crippen LogP contribution < -0.4 is 40.6 Å². The van der Waals surface area contributed by atoms with Crippen LogP contribution in [0.25, 0.3) is 39.0 Å². The number of aryl methyl sites for hydroxylation is 3. The number of hydrogen-bond acceptors (Lipinski definition) is 22. The molecule has 0 saturated heterocycles. The summed E-state index contributed by atoms with van der Waals surface area (Å²) >= 11 is 0. The van der Waals surface area contributed by atoms with Crippen molar-refractivity contribution in [3.05, 3.63) is 150 Å². The zero-order valence-electron chi connectivity index (χ0n) is 54.0. The first-order valence-electron chi connectivity index (χ1n) is 32.0. The van der Waals surface area contributed by atoms with Crippen molar-refractivity contribution >= 4 is 69.9 Å². The van der Waals surface area contributed by atoms with Crippen molar-refractivity contribution < 1.29 is 68.0 Å². The number of likely N-dealkylation sites (N-methyl/N-ethyl adjacent to an activating group) is 1. The van der Waals surface area contributed by atoms with Crippen LogP contribution in [0.2, 0.25) is 0 Å². The average Bonchev–Trinajstić information content (AvgIpc) is 1.59. The molecule has 29 nitrogen and oxygen atoms in total. The quantitative estimate of drug-likeness (QED) is 0.0495. The number of benzene rings is 3. The Bertz CT molecular complexity index is 4860. The van der Waals surface area contributed by atoms with Crippen LogP contribution in [-0.2, 0) is 45.4 Å². The number of hydrogen-bond donors (Lipinski definition) is 9. The predicted octanol–water partition coefficient (Wildman–Crippen LogP) is 3.27. The Morgan fingerprint density at radius 1 is 0.796 bits per heavy atom. The summed E-state index contributed by atoms with van der Waals surface area (Å²) in [7, 11) is -9.87. The summed E-state index contributed by atoms with van der Waals surface area (Å²) in [6, 6.07) is 22.9. The van der Waals surface area contributed by atoms with Crippen LogP contribution in [0, 0.1) is 55.2 Å². The number of aliphatic hydroxyl groups is 4. The van der Waals surface area contributed by atoms with Gasteiger partial charge in [0, 0.05) is 59.5 Å². The lowest BCUT2D eigenvalue weighted by Gasteiger charge is -2.28. The van der Waals surface area contributed by atoms with Crippen LogP contribution in [0.1, 0.15) is 97.1 Å². The summed E-state index contributed by atoms with van der Waals surface area (Å²) in [6.45, 7) is 6.56. The van der Waals surface area contributed by atoms with E-state index in [1.54, 1.807) is 51.9 Å². The molecule has 12 atom stereocenters. The maximum Gasteiger partial charge on any atom is 0.333 e. The van der Waals surface area contributed by atoms with Gasteiger partial charge in [0.15, 0.2) is 11.9 Å². The summed E-state index contributed by atoms with van der Waals surface area (Å²) in [5.74, 6) is 5.11. The number of aromatic nitrogens is 10. The molecule has 3 aromatic carbocycles. The third kappa shape index (κ3) is 15.4. The largest absolute Gasteiger partial charge is 0.488 e. The Hall–Kier alpha value is -8.37. The molecule has 3 saturated carbocycles. The predicted molar refractivity (Wildman–Crippen MR) is 359 cm³/mol. The summed E-state index contributed by atoms with van der Waals surface area (Å²) in [4.78, 5) is 25.7. The molecule has 0 radical (unpaired) electrons. The van der Waals surface area contributed by atoms with Gasteiger partial charge in [-0.2, -0.15) is 16.8 Å². The minimum Gasteiger partial charge on any atom is -0.488 e. The van der Waals surface area contributed by atoms with Crippen LogP contribution in [-0.4, -0.2) is 159 Å². The molecule has 3 fully saturated rings. The van der Waals surface area contributed by atoms with Gasteiger partial charge in [-0.25, -0.2) is 58.6 Å². The molecule has 520 valence electrons. The maximum absolute atomic E-state index is 14.8. The van der Waals surface area contributed by atoms with Crippen molar-refractivity contribution in [1.82, 2.24) is 43.8 Å². The lowest BCUT2D eigenvalue weighted by molar-refractivity contribution is -0.730. The van der Waals surface area contributed by atoms with E-state index >= 15 is 0 Å². The van der Waals surface area contributed by atoms with Gasteiger partial charge in [-0.15, -0.1) is 0 Å². The highest BCUT2D eigenvalue weighted by molar-refractivity contribution is 7.89. The van der Waals surface area contributed by atoms with Crippen molar-refractivity contribution in [2.45, 2.75) is 114 Å². The van der Waals surface area contributed by atoms with E-state index in [0.717, 1.165) is 52.2 Å². The fourth-order valence-electron chi connectivity index (χ4n) is 14.0. The molecule has 33 heteroatoms. The molecule has 0 bridgehead atoms. The molecule has 4 aliphatic carbocycles. The summed E-state index contributed by atoms with van der Waals surface area (Å²) in [5, 5.41) is 67.1. The molecule has 0 unspecified atom stereocenters. The van der Waals surface area contributed by atoms with Gasteiger partial charge >= 0.3 is 20.6 Å². The highest BCUT2D eigenvalue weighted by atomic mass is 32.2. The van der Waals surface area contributed by atoms with Crippen molar-refractivity contribution in [2.24, 2.45) is 39.1 Å². The normalized spacial score (nSPS) is 24.5. The summed E-state index contributed by atoms with van der Waals surface area (Å²) < 4.78 is 103. The Morgan fingerprint density at radius 3 is 2.32 bits per heavy atom. The number of sulfonamides is 1. The monoisotopic (exact) mass is 1410 g/mol. The van der Waals surface area contributed by atoms with Gasteiger partial charge in [-0.3, -0.25) is 8.37 Å². The van der Waals surface area contributed by atoms with Crippen LogP contribution in [0.15, 0.2) is 110 Å². The van der Waals surface area contributed by atoms with E-state index < -0.39 is 72.8 Å². The number of ether oxygens (including phenoxy) is 1. The zero-order chi connectivity index (χ0) is 69.5. The number of fused-ring (bicyclic) bond motifs is 5. The van der Waals surface area contributed by atoms with E-state index in [-0.39, 0.29) is 66.8 Å². The number of nitrogens with two attached hydrogens (primary N) is 3. The number of primary sulfonamides is 1. The molecule has 1 aliphatic heterocycles. The molecule has 7 heterocycles. The molecule has 98 heavy (non-hydrogen) atoms. The number of aliphatic hydroxyl groups excluding tert-OH is 4. The smallest absolute Gasteiger partial charge is 0.333 e. The number of halogens is 1. The molecule has 9 aromatic rings. The van der Waals surface area contributed by atoms with E-state index in [1.165, 1.54) is 23.5 Å². The Morgan fingerprint density at radius 2 is 1.55 bits per heavy atom. The Kier molecular flexibility index (Phi) is 20.2. The van der Waals surface area contributed by atoms with Gasteiger partial charge in [0.2, 0.25) is 21.4 Å². The Balaban J connectivity index is 0.000000141. The second-order valence-electron chi connectivity index (χ2n) is 25.7. The number of rotatable bonds is 16. The van der Waals surface area contributed by atoms with Crippen molar-refractivity contribution in [3.8, 4) is 28.8 Å². The van der Waals surface area contributed by atoms with E-state index in [0.29, 0.717) is 72.5 Å². The average molecular weight is 1410 g/mol. The van der Waals surface area contributed by atoms with Crippen molar-refractivity contribution in [2.75, 3.05) is 54.8 Å². The van der Waals surface area contributed by atoms with Crippen LogP contribution in [0.3, 0.4) is 0 Å². The minimum atomic E-state index is -4.04. The third-order valence-electron chi connectivity index (χ3n) is 19.2. The second kappa shape index (κ2) is 28.5. The third-order valence-corrected chi connectivity index (χ3v) is 20.9. The zero-order valence-corrected chi connectivity index (χ0v) is 56.5. The fourth-order valence-corrected chi connectivity index (χ4v) is 15.4. The first-order chi connectivity index (χ1) is 46.6.